The van der Waals surface area contributed by atoms with Gasteiger partial charge in [0.25, 0.3) is 0 Å². The predicted molar refractivity (Wildman–Crippen MR) is 66.2 cm³/mol. The second-order valence-corrected chi connectivity index (χ2v) is 4.04. The molecule has 0 saturated heterocycles. The molecule has 0 radical (unpaired) electrons. The van der Waals surface area contributed by atoms with Gasteiger partial charge in [-0.2, -0.15) is 0 Å². The molecule has 2 heteroatoms. The molecule has 0 amide bonds. The van der Waals surface area contributed by atoms with Crippen LogP contribution >= 0.6 is 0 Å². The van der Waals surface area contributed by atoms with Crippen LogP contribution in [0.1, 0.15) is 18.1 Å². The number of hydrogen-bond acceptors (Lipinski definition) is 2. The average molecular weight is 210 g/mol. The monoisotopic (exact) mass is 210 g/mol. The van der Waals surface area contributed by atoms with Crippen LogP contribution in [0.5, 0.6) is 0 Å². The zero-order chi connectivity index (χ0) is 11.0. The van der Waals surface area contributed by atoms with Crippen LogP contribution in [-0.4, -0.2) is 11.5 Å². The van der Waals surface area contributed by atoms with Gasteiger partial charge in [0.05, 0.1) is 0 Å². The fraction of sp³-hybridized carbons (Fsp3) is 0.214. The van der Waals surface area contributed by atoms with Gasteiger partial charge >= 0.3 is 0 Å². The first-order chi connectivity index (χ1) is 7.90. The van der Waals surface area contributed by atoms with Gasteiger partial charge in [0.15, 0.2) is 0 Å². The molecule has 2 aromatic rings. The van der Waals surface area contributed by atoms with E-state index >= 15 is 0 Å². The van der Waals surface area contributed by atoms with E-state index in [0.717, 1.165) is 18.8 Å². The maximum absolute atomic E-state index is 4.50. The number of rotatable bonds is 1. The molecule has 0 fully saturated rings. The Bertz CT molecular complexity index is 474. The second kappa shape index (κ2) is 3.63. The highest BCUT2D eigenvalue weighted by molar-refractivity contribution is 5.71. The summed E-state index contributed by atoms with van der Waals surface area (Å²) in [5.41, 5.74) is 4.02. The first-order valence-corrected chi connectivity index (χ1v) is 5.69. The van der Waals surface area contributed by atoms with Crippen molar-refractivity contribution in [2.24, 2.45) is 0 Å². The summed E-state index contributed by atoms with van der Waals surface area (Å²) in [6.45, 7) is 3.13. The Morgan fingerprint density at radius 2 is 1.94 bits per heavy atom. The number of benzene rings is 1. The summed E-state index contributed by atoms with van der Waals surface area (Å²) >= 11 is 0. The third-order valence-electron chi connectivity index (χ3n) is 3.10. The molecule has 1 aromatic carbocycles. The molecular formula is C14H14N2. The van der Waals surface area contributed by atoms with Crippen LogP contribution in [0.2, 0.25) is 0 Å². The number of anilines is 2. The van der Waals surface area contributed by atoms with Gasteiger partial charge in [0.2, 0.25) is 0 Å². The summed E-state index contributed by atoms with van der Waals surface area (Å²) in [6, 6.07) is 12.8. The van der Waals surface area contributed by atoms with Crippen molar-refractivity contribution in [3.8, 4) is 0 Å². The molecule has 1 aromatic heterocycles. The minimum Gasteiger partial charge on any atom is -0.326 e. The van der Waals surface area contributed by atoms with E-state index in [1.165, 1.54) is 16.8 Å². The summed E-state index contributed by atoms with van der Waals surface area (Å²) in [5.74, 6) is 1.11. The molecule has 0 unspecified atom stereocenters. The SMILES string of the molecule is CCN1c2ccccc2Cc2cccnc21. The molecule has 0 bridgehead atoms. The largest absolute Gasteiger partial charge is 0.326 e. The smallest absolute Gasteiger partial charge is 0.136 e. The number of nitrogens with zero attached hydrogens (tertiary/aromatic N) is 2. The van der Waals surface area contributed by atoms with Crippen LogP contribution in [0.25, 0.3) is 0 Å². The quantitative estimate of drug-likeness (QED) is 0.718. The lowest BCUT2D eigenvalue weighted by molar-refractivity contribution is 0.928. The topological polar surface area (TPSA) is 16.1 Å². The van der Waals surface area contributed by atoms with E-state index in [-0.39, 0.29) is 0 Å². The van der Waals surface area contributed by atoms with Crippen LogP contribution < -0.4 is 4.90 Å². The Kier molecular flexibility index (Phi) is 2.13. The molecule has 0 spiro atoms. The summed E-state index contributed by atoms with van der Waals surface area (Å²) in [4.78, 5) is 6.78. The molecule has 16 heavy (non-hydrogen) atoms. The van der Waals surface area contributed by atoms with Gasteiger partial charge in [-0.3, -0.25) is 0 Å². The summed E-state index contributed by atoms with van der Waals surface area (Å²) < 4.78 is 0. The van der Waals surface area contributed by atoms with E-state index in [2.05, 4.69) is 47.1 Å². The molecule has 1 aliphatic rings. The highest BCUT2D eigenvalue weighted by Crippen LogP contribution is 2.36. The van der Waals surface area contributed by atoms with Gasteiger partial charge in [-0.1, -0.05) is 24.3 Å². The van der Waals surface area contributed by atoms with E-state index in [4.69, 9.17) is 0 Å². The molecule has 2 heterocycles. The van der Waals surface area contributed by atoms with Gasteiger partial charge < -0.3 is 4.90 Å². The van der Waals surface area contributed by atoms with Crippen molar-refractivity contribution in [3.63, 3.8) is 0 Å². The van der Waals surface area contributed by atoms with Crippen LogP contribution in [0.15, 0.2) is 42.6 Å². The normalized spacial score (nSPS) is 13.2. The number of hydrogen-bond donors (Lipinski definition) is 0. The Hall–Kier alpha value is -1.83. The molecule has 2 nitrogen and oxygen atoms in total. The summed E-state index contributed by atoms with van der Waals surface area (Å²) in [6.07, 6.45) is 2.87. The van der Waals surface area contributed by atoms with Crippen molar-refractivity contribution in [1.82, 2.24) is 4.98 Å². The van der Waals surface area contributed by atoms with E-state index in [1.54, 1.807) is 0 Å². The fourth-order valence-corrected chi connectivity index (χ4v) is 2.37. The molecule has 1 aliphatic heterocycles. The van der Waals surface area contributed by atoms with Crippen LogP contribution in [0, 0.1) is 0 Å². The van der Waals surface area contributed by atoms with Crippen molar-refractivity contribution in [1.29, 1.82) is 0 Å². The highest BCUT2D eigenvalue weighted by Gasteiger charge is 2.21. The molecule has 3 rings (SSSR count). The fourth-order valence-electron chi connectivity index (χ4n) is 2.37. The van der Waals surface area contributed by atoms with Gasteiger partial charge in [-0.25, -0.2) is 4.98 Å². The maximum Gasteiger partial charge on any atom is 0.136 e. The third kappa shape index (κ3) is 1.30. The number of para-hydroxylation sites is 1. The standard InChI is InChI=1S/C14H14N2/c1-2-16-13-8-4-3-6-11(13)10-12-7-5-9-15-14(12)16/h3-9H,2,10H2,1H3. The first kappa shape index (κ1) is 9.40. The molecule has 0 atom stereocenters. The average Bonchev–Trinajstić information content (AvgIpc) is 2.36. The van der Waals surface area contributed by atoms with Crippen molar-refractivity contribution < 1.29 is 0 Å². The lowest BCUT2D eigenvalue weighted by Gasteiger charge is -2.31. The number of aromatic nitrogens is 1. The minimum atomic E-state index is 0.959. The van der Waals surface area contributed by atoms with Gasteiger partial charge in [0.1, 0.15) is 5.82 Å². The lowest BCUT2D eigenvalue weighted by Crippen LogP contribution is -2.23. The van der Waals surface area contributed by atoms with Gasteiger partial charge in [0, 0.05) is 24.8 Å². The highest BCUT2D eigenvalue weighted by atomic mass is 15.2. The molecule has 0 aliphatic carbocycles. The zero-order valence-electron chi connectivity index (χ0n) is 9.35. The Morgan fingerprint density at radius 3 is 2.81 bits per heavy atom. The number of pyridine rings is 1. The molecule has 80 valence electrons. The van der Waals surface area contributed by atoms with Crippen molar-refractivity contribution in [2.45, 2.75) is 13.3 Å². The second-order valence-electron chi connectivity index (χ2n) is 4.04. The zero-order valence-corrected chi connectivity index (χ0v) is 9.35. The van der Waals surface area contributed by atoms with Gasteiger partial charge in [-0.05, 0) is 30.2 Å². The van der Waals surface area contributed by atoms with E-state index in [0.29, 0.717) is 0 Å². The summed E-state index contributed by atoms with van der Waals surface area (Å²) in [7, 11) is 0. The van der Waals surface area contributed by atoms with E-state index in [1.807, 2.05) is 12.3 Å². The van der Waals surface area contributed by atoms with Gasteiger partial charge in [-0.15, -0.1) is 0 Å². The Morgan fingerprint density at radius 1 is 1.12 bits per heavy atom. The Labute approximate surface area is 95.6 Å². The first-order valence-electron chi connectivity index (χ1n) is 5.69. The van der Waals surface area contributed by atoms with E-state index < -0.39 is 0 Å². The van der Waals surface area contributed by atoms with Crippen LogP contribution in [0.3, 0.4) is 0 Å². The van der Waals surface area contributed by atoms with Crippen LogP contribution in [-0.2, 0) is 6.42 Å². The third-order valence-corrected chi connectivity index (χ3v) is 3.10. The molecular weight excluding hydrogens is 196 g/mol. The molecule has 0 saturated carbocycles. The van der Waals surface area contributed by atoms with E-state index in [9.17, 15) is 0 Å². The molecule has 0 N–H and O–H groups in total. The Balaban J connectivity index is 2.19. The van der Waals surface area contributed by atoms with Crippen molar-refractivity contribution in [3.05, 3.63) is 53.7 Å². The lowest BCUT2D eigenvalue weighted by atomic mass is 9.98. The van der Waals surface area contributed by atoms with Crippen molar-refractivity contribution in [2.75, 3.05) is 11.4 Å². The van der Waals surface area contributed by atoms with Crippen LogP contribution in [0.4, 0.5) is 11.5 Å². The van der Waals surface area contributed by atoms with Crippen molar-refractivity contribution >= 4 is 11.5 Å². The minimum absolute atomic E-state index is 0.959. The predicted octanol–water partition coefficient (Wildman–Crippen LogP) is 3.14. The maximum atomic E-state index is 4.50. The number of fused-ring (bicyclic) bond motifs is 2. The summed E-state index contributed by atoms with van der Waals surface area (Å²) in [5, 5.41) is 0.